The van der Waals surface area contributed by atoms with Gasteiger partial charge in [-0.15, -0.1) is 0 Å². The van der Waals surface area contributed by atoms with Crippen LogP contribution in [0.5, 0.6) is 0 Å². The maximum Gasteiger partial charge on any atom is 0.281 e. The number of thioether (sulfide) groups is 1. The van der Waals surface area contributed by atoms with Gasteiger partial charge >= 0.3 is 0 Å². The van der Waals surface area contributed by atoms with E-state index in [0.29, 0.717) is 0 Å². The van der Waals surface area contributed by atoms with E-state index in [-0.39, 0.29) is 5.24 Å². The molecule has 0 radical (unpaired) electrons. The summed E-state index contributed by atoms with van der Waals surface area (Å²) >= 11 is 1.30. The number of rotatable bonds is 0. The van der Waals surface area contributed by atoms with Crippen LogP contribution in [0.4, 0.5) is 4.79 Å². The molecule has 1 rings (SSSR count). The van der Waals surface area contributed by atoms with Crippen molar-refractivity contribution in [3.8, 4) is 0 Å². The molecule has 4 heteroatoms. The van der Waals surface area contributed by atoms with E-state index in [9.17, 15) is 4.79 Å². The van der Waals surface area contributed by atoms with Gasteiger partial charge in [0.2, 0.25) is 0 Å². The summed E-state index contributed by atoms with van der Waals surface area (Å²) in [6, 6.07) is 0. The van der Waals surface area contributed by atoms with Crippen LogP contribution >= 0.6 is 11.8 Å². The minimum Gasteiger partial charge on any atom is -0.331 e. The zero-order valence-electron chi connectivity index (χ0n) is 7.04. The molecule has 3 nitrogen and oxygen atoms in total. The van der Waals surface area contributed by atoms with Crippen LogP contribution in [0.2, 0.25) is 0 Å². The molecule has 11 heavy (non-hydrogen) atoms. The van der Waals surface area contributed by atoms with Gasteiger partial charge in [-0.3, -0.25) is 4.79 Å². The van der Waals surface area contributed by atoms with Gasteiger partial charge in [-0.25, -0.2) is 0 Å². The van der Waals surface area contributed by atoms with Crippen LogP contribution in [0.15, 0.2) is 0 Å². The molecule has 1 aliphatic heterocycles. The predicted octanol–water partition coefficient (Wildman–Crippen LogP) is 0.717. The van der Waals surface area contributed by atoms with Crippen LogP contribution in [0, 0.1) is 0 Å². The number of hydrogen-bond donors (Lipinski definition) is 0. The largest absolute Gasteiger partial charge is 0.331 e. The van der Waals surface area contributed by atoms with Gasteiger partial charge in [-0.05, 0) is 13.3 Å². The van der Waals surface area contributed by atoms with Crippen molar-refractivity contribution in [1.82, 2.24) is 9.80 Å². The minimum absolute atomic E-state index is 0.207. The fourth-order valence-corrected chi connectivity index (χ4v) is 1.56. The Morgan fingerprint density at radius 2 is 1.82 bits per heavy atom. The van der Waals surface area contributed by atoms with Gasteiger partial charge in [0.1, 0.15) is 0 Å². The predicted molar refractivity (Wildman–Crippen MR) is 48.0 cm³/mol. The number of carbonyl (C=O) groups is 1. The summed E-state index contributed by atoms with van der Waals surface area (Å²) in [5.74, 6) is 0. The average Bonchev–Trinajstić information content (AvgIpc) is 2.05. The highest BCUT2D eigenvalue weighted by molar-refractivity contribution is 8.12. The van der Waals surface area contributed by atoms with Crippen molar-refractivity contribution in [2.75, 3.05) is 39.5 Å². The summed E-state index contributed by atoms with van der Waals surface area (Å²) in [5.41, 5.74) is 0. The number of amides is 1. The van der Waals surface area contributed by atoms with Crippen molar-refractivity contribution in [2.24, 2.45) is 0 Å². The topological polar surface area (TPSA) is 23.6 Å². The van der Waals surface area contributed by atoms with Gasteiger partial charge in [0, 0.05) is 26.2 Å². The van der Waals surface area contributed by atoms with Gasteiger partial charge in [0.25, 0.3) is 5.24 Å². The Hall–Kier alpha value is -0.220. The van der Waals surface area contributed by atoms with Crippen LogP contribution in [0.3, 0.4) is 0 Å². The van der Waals surface area contributed by atoms with E-state index in [0.717, 1.165) is 26.2 Å². The Labute approximate surface area is 71.7 Å². The zero-order chi connectivity index (χ0) is 8.27. The second kappa shape index (κ2) is 3.97. The third-order valence-electron chi connectivity index (χ3n) is 1.94. The van der Waals surface area contributed by atoms with E-state index in [1.165, 1.54) is 11.8 Å². The van der Waals surface area contributed by atoms with E-state index in [2.05, 4.69) is 11.9 Å². The fourth-order valence-electron chi connectivity index (χ4n) is 1.12. The lowest BCUT2D eigenvalue weighted by atomic mass is 10.4. The number of carbonyl (C=O) groups excluding carboxylic acids is 1. The van der Waals surface area contributed by atoms with Gasteiger partial charge < -0.3 is 9.80 Å². The summed E-state index contributed by atoms with van der Waals surface area (Å²) < 4.78 is 0. The maximum atomic E-state index is 11.1. The molecule has 0 atom stereocenters. The lowest BCUT2D eigenvalue weighted by Gasteiger charge is -2.31. The molecular weight excluding hydrogens is 160 g/mol. The summed E-state index contributed by atoms with van der Waals surface area (Å²) in [5, 5.41) is 0.207. The highest BCUT2D eigenvalue weighted by Crippen LogP contribution is 2.07. The Kier molecular flexibility index (Phi) is 3.20. The smallest absolute Gasteiger partial charge is 0.281 e. The first kappa shape index (κ1) is 8.87. The van der Waals surface area contributed by atoms with Gasteiger partial charge in [0.15, 0.2) is 0 Å². The SMILES string of the molecule is CSC(=O)N1CCN(C)CC1. The second-order valence-corrected chi connectivity index (χ2v) is 3.52. The molecule has 0 N–H and O–H groups in total. The van der Waals surface area contributed by atoms with Crippen LogP contribution in [0.1, 0.15) is 0 Å². The Bertz CT molecular complexity index is 143. The first-order valence-electron chi connectivity index (χ1n) is 3.75. The van der Waals surface area contributed by atoms with Gasteiger partial charge in [-0.2, -0.15) is 0 Å². The highest BCUT2D eigenvalue weighted by atomic mass is 32.2. The average molecular weight is 174 g/mol. The molecule has 0 bridgehead atoms. The first-order valence-corrected chi connectivity index (χ1v) is 4.98. The Balaban J connectivity index is 2.33. The molecule has 0 aromatic rings. The summed E-state index contributed by atoms with van der Waals surface area (Å²) in [7, 11) is 2.08. The molecule has 0 saturated carbocycles. The third-order valence-corrected chi connectivity index (χ3v) is 2.54. The molecule has 0 aromatic heterocycles. The summed E-state index contributed by atoms with van der Waals surface area (Å²) in [4.78, 5) is 15.3. The van der Waals surface area contributed by atoms with E-state index < -0.39 is 0 Å². The van der Waals surface area contributed by atoms with Crippen LogP contribution in [-0.2, 0) is 0 Å². The monoisotopic (exact) mass is 174 g/mol. The molecule has 1 saturated heterocycles. The van der Waals surface area contributed by atoms with Crippen molar-refractivity contribution in [2.45, 2.75) is 0 Å². The van der Waals surface area contributed by atoms with Crippen molar-refractivity contribution in [1.29, 1.82) is 0 Å². The number of piperazine rings is 1. The number of hydrogen-bond acceptors (Lipinski definition) is 3. The molecule has 1 fully saturated rings. The van der Waals surface area contributed by atoms with E-state index >= 15 is 0 Å². The molecular formula is C7H14N2OS. The summed E-state index contributed by atoms with van der Waals surface area (Å²) in [6.07, 6.45) is 1.83. The van der Waals surface area contributed by atoms with Crippen LogP contribution in [-0.4, -0.2) is 54.5 Å². The standard InChI is InChI=1S/C7H14N2OS/c1-8-3-5-9(6-4-8)7(10)11-2/h3-6H2,1-2H3. The molecule has 0 aromatic carbocycles. The van der Waals surface area contributed by atoms with Crippen LogP contribution in [0.25, 0.3) is 0 Å². The molecule has 0 unspecified atom stereocenters. The number of likely N-dealkylation sites (N-methyl/N-ethyl adjacent to an activating group) is 1. The quantitative estimate of drug-likeness (QED) is 0.540. The Morgan fingerprint density at radius 3 is 2.27 bits per heavy atom. The van der Waals surface area contributed by atoms with Crippen molar-refractivity contribution >= 4 is 17.0 Å². The fraction of sp³-hybridized carbons (Fsp3) is 0.857. The zero-order valence-corrected chi connectivity index (χ0v) is 7.86. The molecule has 1 amide bonds. The molecule has 1 heterocycles. The third kappa shape index (κ3) is 2.38. The number of nitrogens with zero attached hydrogens (tertiary/aromatic N) is 2. The van der Waals surface area contributed by atoms with Crippen molar-refractivity contribution in [3.05, 3.63) is 0 Å². The molecule has 0 spiro atoms. The molecule has 64 valence electrons. The van der Waals surface area contributed by atoms with Crippen LogP contribution < -0.4 is 0 Å². The Morgan fingerprint density at radius 1 is 1.27 bits per heavy atom. The minimum atomic E-state index is 0.207. The van der Waals surface area contributed by atoms with Gasteiger partial charge in [0.05, 0.1) is 0 Å². The first-order chi connectivity index (χ1) is 5.24. The normalized spacial score (nSPS) is 20.4. The second-order valence-electron chi connectivity index (χ2n) is 2.76. The van der Waals surface area contributed by atoms with Crippen molar-refractivity contribution in [3.63, 3.8) is 0 Å². The highest BCUT2D eigenvalue weighted by Gasteiger charge is 2.17. The van der Waals surface area contributed by atoms with Crippen molar-refractivity contribution < 1.29 is 4.79 Å². The van der Waals surface area contributed by atoms with E-state index in [1.807, 2.05) is 11.2 Å². The molecule has 0 aliphatic carbocycles. The van der Waals surface area contributed by atoms with Gasteiger partial charge in [-0.1, -0.05) is 11.8 Å². The lowest BCUT2D eigenvalue weighted by molar-refractivity contribution is 0.172. The summed E-state index contributed by atoms with van der Waals surface area (Å²) in [6.45, 7) is 3.78. The maximum absolute atomic E-state index is 11.1. The molecule has 1 aliphatic rings. The lowest BCUT2D eigenvalue weighted by Crippen LogP contribution is -2.45. The van der Waals surface area contributed by atoms with E-state index in [1.54, 1.807) is 0 Å². The van der Waals surface area contributed by atoms with E-state index in [4.69, 9.17) is 0 Å².